The molecule has 2 N–H and O–H groups in total. The molecule has 8 nitrogen and oxygen atoms in total. The molecule has 0 aliphatic carbocycles. The molecule has 1 aliphatic heterocycles. The number of pyridine rings is 1. The molecule has 0 radical (unpaired) electrons. The van der Waals surface area contributed by atoms with E-state index >= 15 is 0 Å². The van der Waals surface area contributed by atoms with Crippen molar-refractivity contribution >= 4 is 18.0 Å². The molecule has 0 atom stereocenters. The molecule has 0 fully saturated rings. The molecule has 1 aliphatic rings. The fourth-order valence-corrected chi connectivity index (χ4v) is 4.20. The Morgan fingerprint density at radius 1 is 1.22 bits per heavy atom. The maximum Gasteiger partial charge on any atom is 0.254 e. The van der Waals surface area contributed by atoms with Gasteiger partial charge in [-0.2, -0.15) is 0 Å². The maximum atomic E-state index is 14.2. The fraction of sp³-hybridized carbons (Fsp3) is 0.259. The van der Waals surface area contributed by atoms with Gasteiger partial charge in [0, 0.05) is 49.7 Å². The number of aliphatic hydroxyl groups excluding tert-OH is 1. The molecule has 0 saturated carbocycles. The molecule has 0 unspecified atom stereocenters. The molecular weight excluding hydrogens is 463 g/mol. The number of benzene rings is 2. The molecule has 4 rings (SSSR count). The first-order chi connectivity index (χ1) is 17.4. The van der Waals surface area contributed by atoms with Gasteiger partial charge in [0.15, 0.2) is 0 Å². The highest BCUT2D eigenvalue weighted by atomic mass is 19.1. The summed E-state index contributed by atoms with van der Waals surface area (Å²) < 4.78 is 20.0. The third-order valence-electron chi connectivity index (χ3n) is 6.05. The summed E-state index contributed by atoms with van der Waals surface area (Å²) in [6, 6.07) is 9.34. The number of aliphatic imine (C=N–C) groups is 1. The number of carbonyl (C=O) groups is 2. The number of ether oxygens (including phenoxy) is 1. The summed E-state index contributed by atoms with van der Waals surface area (Å²) in [5, 5.41) is 11.9. The summed E-state index contributed by atoms with van der Waals surface area (Å²) in [5.74, 6) is -0.914. The van der Waals surface area contributed by atoms with E-state index in [1.807, 2.05) is 6.92 Å². The average Bonchev–Trinajstić information content (AvgIpc) is 3.39. The number of halogens is 1. The molecular formula is C27H27FN4O4. The molecule has 9 heteroatoms. The van der Waals surface area contributed by atoms with Gasteiger partial charge in [0.2, 0.25) is 0 Å². The third-order valence-corrected chi connectivity index (χ3v) is 6.05. The van der Waals surface area contributed by atoms with Crippen LogP contribution >= 0.6 is 0 Å². The average molecular weight is 491 g/mol. The first kappa shape index (κ1) is 25.0. The number of nitrogens with one attached hydrogen (secondary N) is 1. The normalized spacial score (nSPS) is 11.8. The second-order valence-corrected chi connectivity index (χ2v) is 8.33. The summed E-state index contributed by atoms with van der Waals surface area (Å²) in [6.45, 7) is 2.83. The monoisotopic (exact) mass is 490 g/mol. The largest absolute Gasteiger partial charge is 0.493 e. The quantitative estimate of drug-likeness (QED) is 0.504. The molecule has 1 aromatic heterocycles. The smallest absolute Gasteiger partial charge is 0.254 e. The van der Waals surface area contributed by atoms with E-state index in [1.165, 1.54) is 19.2 Å². The zero-order valence-electron chi connectivity index (χ0n) is 20.3. The molecule has 36 heavy (non-hydrogen) atoms. The van der Waals surface area contributed by atoms with Crippen LogP contribution in [-0.4, -0.2) is 53.7 Å². The standard InChI is InChI=1S/C27H27FN4O4/c1-4-36-25-10-17(5-7-19(25)16-6-8-23(28)20(9-16)26(34)29-2)27(35)32(3)14-18-11-31-24(15-33)22-13-30-12-21(18)22/h5-11,13,33H,4,12,14-15H2,1-3H3,(H,29,34). The van der Waals surface area contributed by atoms with Crippen molar-refractivity contribution in [1.29, 1.82) is 0 Å². The van der Waals surface area contributed by atoms with Crippen LogP contribution < -0.4 is 10.1 Å². The summed E-state index contributed by atoms with van der Waals surface area (Å²) >= 11 is 0. The number of hydrogen-bond acceptors (Lipinski definition) is 6. The Kier molecular flexibility index (Phi) is 7.40. The number of hydrogen-bond donors (Lipinski definition) is 2. The Hall–Kier alpha value is -4.11. The summed E-state index contributed by atoms with van der Waals surface area (Å²) in [4.78, 5) is 35.5. The second-order valence-electron chi connectivity index (χ2n) is 8.33. The van der Waals surface area contributed by atoms with E-state index in [9.17, 15) is 19.1 Å². The van der Waals surface area contributed by atoms with Crippen molar-refractivity contribution in [3.63, 3.8) is 0 Å². The van der Waals surface area contributed by atoms with E-state index in [4.69, 9.17) is 4.74 Å². The Labute approximate surface area is 208 Å². The lowest BCUT2D eigenvalue weighted by molar-refractivity contribution is 0.0784. The van der Waals surface area contributed by atoms with Gasteiger partial charge in [0.25, 0.3) is 11.8 Å². The van der Waals surface area contributed by atoms with Crippen LogP contribution in [0.1, 0.15) is 50.0 Å². The van der Waals surface area contributed by atoms with Crippen molar-refractivity contribution in [2.24, 2.45) is 4.99 Å². The van der Waals surface area contributed by atoms with Crippen LogP contribution in [0, 0.1) is 5.82 Å². The SMILES string of the molecule is CCOc1cc(C(=O)N(C)Cc2cnc(CO)c3c2CN=C3)ccc1-c1ccc(F)c(C(=O)NC)c1. The first-order valence-corrected chi connectivity index (χ1v) is 11.5. The molecule has 2 amide bonds. The summed E-state index contributed by atoms with van der Waals surface area (Å²) in [7, 11) is 3.14. The van der Waals surface area contributed by atoms with Gasteiger partial charge in [-0.15, -0.1) is 0 Å². The van der Waals surface area contributed by atoms with E-state index in [-0.39, 0.29) is 18.1 Å². The zero-order chi connectivity index (χ0) is 25.8. The van der Waals surface area contributed by atoms with Crippen molar-refractivity contribution in [1.82, 2.24) is 15.2 Å². The Morgan fingerprint density at radius 3 is 2.75 bits per heavy atom. The minimum absolute atomic E-state index is 0.0744. The Balaban J connectivity index is 1.62. The van der Waals surface area contributed by atoms with E-state index in [0.29, 0.717) is 47.8 Å². The van der Waals surface area contributed by atoms with Gasteiger partial charge < -0.3 is 20.1 Å². The number of fused-ring (bicyclic) bond motifs is 1. The van der Waals surface area contributed by atoms with Crippen molar-refractivity contribution in [3.8, 4) is 16.9 Å². The molecule has 2 heterocycles. The summed E-state index contributed by atoms with van der Waals surface area (Å²) in [5.41, 5.74) is 4.79. The van der Waals surface area contributed by atoms with E-state index in [2.05, 4.69) is 15.3 Å². The molecule has 0 spiro atoms. The van der Waals surface area contributed by atoms with Crippen LogP contribution in [0.3, 0.4) is 0 Å². The second kappa shape index (κ2) is 10.7. The highest BCUT2D eigenvalue weighted by molar-refractivity contribution is 5.97. The number of nitrogens with zero attached hydrogens (tertiary/aromatic N) is 3. The number of amides is 2. The maximum absolute atomic E-state index is 14.2. The van der Waals surface area contributed by atoms with Crippen LogP contribution in [0.5, 0.6) is 5.75 Å². The third kappa shape index (κ3) is 4.83. The van der Waals surface area contributed by atoms with Gasteiger partial charge in [-0.25, -0.2) is 4.39 Å². The number of aliphatic hydroxyl groups is 1. The van der Waals surface area contributed by atoms with Crippen molar-refractivity contribution < 1.29 is 23.8 Å². The van der Waals surface area contributed by atoms with Gasteiger partial charge in [-0.1, -0.05) is 6.07 Å². The predicted molar refractivity (Wildman–Crippen MR) is 134 cm³/mol. The van der Waals surface area contributed by atoms with Crippen molar-refractivity contribution in [2.75, 3.05) is 20.7 Å². The van der Waals surface area contributed by atoms with E-state index < -0.39 is 11.7 Å². The highest BCUT2D eigenvalue weighted by Gasteiger charge is 2.21. The molecule has 186 valence electrons. The van der Waals surface area contributed by atoms with Gasteiger partial charge in [0.05, 0.1) is 31.0 Å². The predicted octanol–water partition coefficient (Wildman–Crippen LogP) is 3.34. The van der Waals surface area contributed by atoms with Gasteiger partial charge in [-0.3, -0.25) is 19.6 Å². The minimum atomic E-state index is -0.622. The van der Waals surface area contributed by atoms with Crippen LogP contribution in [0.15, 0.2) is 47.6 Å². The molecule has 2 aromatic carbocycles. The fourth-order valence-electron chi connectivity index (χ4n) is 4.20. The lowest BCUT2D eigenvalue weighted by Gasteiger charge is -2.20. The van der Waals surface area contributed by atoms with E-state index in [0.717, 1.165) is 16.7 Å². The van der Waals surface area contributed by atoms with Gasteiger partial charge in [-0.05, 0) is 53.9 Å². The number of carbonyl (C=O) groups excluding carboxylic acids is 2. The summed E-state index contributed by atoms with van der Waals surface area (Å²) in [6.07, 6.45) is 3.38. The number of rotatable bonds is 8. The molecule has 0 bridgehead atoms. The molecule has 0 saturated heterocycles. The number of aromatic nitrogens is 1. The van der Waals surface area contributed by atoms with Crippen LogP contribution in [0.25, 0.3) is 11.1 Å². The first-order valence-electron chi connectivity index (χ1n) is 11.5. The topological polar surface area (TPSA) is 104 Å². The van der Waals surface area contributed by atoms with E-state index in [1.54, 1.807) is 48.6 Å². The molecule has 3 aromatic rings. The van der Waals surface area contributed by atoms with Gasteiger partial charge in [0.1, 0.15) is 11.6 Å². The highest BCUT2D eigenvalue weighted by Crippen LogP contribution is 2.33. The van der Waals surface area contributed by atoms with Crippen LogP contribution in [-0.2, 0) is 19.7 Å². The lowest BCUT2D eigenvalue weighted by Crippen LogP contribution is -2.27. The minimum Gasteiger partial charge on any atom is -0.493 e. The van der Waals surface area contributed by atoms with Crippen LogP contribution in [0.2, 0.25) is 0 Å². The van der Waals surface area contributed by atoms with Crippen molar-refractivity contribution in [2.45, 2.75) is 26.6 Å². The zero-order valence-corrected chi connectivity index (χ0v) is 20.3. The Morgan fingerprint density at radius 2 is 2.03 bits per heavy atom. The Bertz CT molecular complexity index is 1360. The van der Waals surface area contributed by atoms with Gasteiger partial charge >= 0.3 is 0 Å². The lowest BCUT2D eigenvalue weighted by atomic mass is 9.99. The van der Waals surface area contributed by atoms with Crippen molar-refractivity contribution in [3.05, 3.63) is 81.9 Å². The van der Waals surface area contributed by atoms with Crippen LogP contribution in [0.4, 0.5) is 4.39 Å².